The Balaban J connectivity index is 3.00. The summed E-state index contributed by atoms with van der Waals surface area (Å²) in [7, 11) is 0. The van der Waals surface area contributed by atoms with Crippen molar-refractivity contribution in [2.24, 2.45) is 0 Å². The number of anilines is 1. The molecule has 0 spiro atoms. The van der Waals surface area contributed by atoms with Crippen LogP contribution in [0.2, 0.25) is 0 Å². The molecule has 0 saturated heterocycles. The summed E-state index contributed by atoms with van der Waals surface area (Å²) in [6.45, 7) is 0. The normalized spacial score (nSPS) is 9.30. The minimum Gasteiger partial charge on any atom is -0.399 e. The van der Waals surface area contributed by atoms with Crippen LogP contribution in [0.1, 0.15) is 5.56 Å². The third-order valence-corrected chi connectivity index (χ3v) is 1.65. The highest BCUT2D eigenvalue weighted by atomic mass is 32.1. The van der Waals surface area contributed by atoms with Crippen LogP contribution in [-0.2, 0) is 0 Å². The van der Waals surface area contributed by atoms with Crippen molar-refractivity contribution >= 4 is 34.7 Å². The van der Waals surface area contributed by atoms with E-state index < -0.39 is 0 Å². The van der Waals surface area contributed by atoms with Gasteiger partial charge in [-0.05, 0) is 17.7 Å². The summed E-state index contributed by atoms with van der Waals surface area (Å²) >= 11 is 8.84. The second-order valence-electron chi connectivity index (χ2n) is 1.93. The van der Waals surface area contributed by atoms with Gasteiger partial charge in [0.2, 0.25) is 0 Å². The van der Waals surface area contributed by atoms with Crippen LogP contribution >= 0.6 is 24.8 Å². The molecule has 1 nitrogen and oxygen atoms in total. The number of nitrogens with two attached hydrogens (primary N) is 1. The van der Waals surface area contributed by atoms with Gasteiger partial charge in [-0.25, -0.2) is 0 Å². The lowest BCUT2D eigenvalue weighted by Gasteiger charge is -1.95. The standard InChI is InChI=1S/C7H7NS2/c8-6-3-1-5(2-4-6)7(9)10/h1-4H,8H2,(H,9,10). The zero-order chi connectivity index (χ0) is 7.56. The van der Waals surface area contributed by atoms with Crippen LogP contribution in [0.25, 0.3) is 0 Å². The summed E-state index contributed by atoms with van der Waals surface area (Å²) < 4.78 is 0.597. The van der Waals surface area contributed by atoms with Crippen LogP contribution in [0, 0.1) is 0 Å². The van der Waals surface area contributed by atoms with E-state index in [2.05, 4.69) is 12.6 Å². The zero-order valence-corrected chi connectivity index (χ0v) is 6.95. The van der Waals surface area contributed by atoms with Crippen molar-refractivity contribution in [1.29, 1.82) is 0 Å². The van der Waals surface area contributed by atoms with Crippen molar-refractivity contribution in [2.75, 3.05) is 5.73 Å². The van der Waals surface area contributed by atoms with E-state index in [9.17, 15) is 0 Å². The van der Waals surface area contributed by atoms with E-state index in [0.717, 1.165) is 11.3 Å². The Morgan fingerprint density at radius 3 is 2.20 bits per heavy atom. The van der Waals surface area contributed by atoms with Crippen molar-refractivity contribution in [2.45, 2.75) is 0 Å². The smallest absolute Gasteiger partial charge is 0.0747 e. The van der Waals surface area contributed by atoms with Gasteiger partial charge in [0.05, 0.1) is 4.20 Å². The van der Waals surface area contributed by atoms with Crippen molar-refractivity contribution in [3.63, 3.8) is 0 Å². The van der Waals surface area contributed by atoms with Gasteiger partial charge in [-0.15, -0.1) is 12.6 Å². The van der Waals surface area contributed by atoms with Gasteiger partial charge in [0, 0.05) is 5.69 Å². The summed E-state index contributed by atoms with van der Waals surface area (Å²) in [5, 5.41) is 0. The highest BCUT2D eigenvalue weighted by Crippen LogP contribution is 2.08. The predicted molar refractivity (Wildman–Crippen MR) is 51.5 cm³/mol. The second-order valence-corrected chi connectivity index (χ2v) is 3.09. The molecular formula is C7H7NS2. The molecule has 0 amide bonds. The van der Waals surface area contributed by atoms with E-state index in [-0.39, 0.29) is 0 Å². The average molecular weight is 169 g/mol. The van der Waals surface area contributed by atoms with Crippen LogP contribution in [0.3, 0.4) is 0 Å². The lowest BCUT2D eigenvalue weighted by atomic mass is 10.2. The lowest BCUT2D eigenvalue weighted by molar-refractivity contribution is 1.66. The van der Waals surface area contributed by atoms with Gasteiger partial charge in [0.15, 0.2) is 0 Å². The molecule has 3 heteroatoms. The van der Waals surface area contributed by atoms with E-state index in [1.807, 2.05) is 12.1 Å². The van der Waals surface area contributed by atoms with E-state index >= 15 is 0 Å². The van der Waals surface area contributed by atoms with Gasteiger partial charge in [-0.3, -0.25) is 0 Å². The summed E-state index contributed by atoms with van der Waals surface area (Å²) in [5.41, 5.74) is 7.14. The number of thiol groups is 1. The van der Waals surface area contributed by atoms with E-state index in [1.54, 1.807) is 12.1 Å². The Hall–Kier alpha value is -0.540. The van der Waals surface area contributed by atoms with Crippen molar-refractivity contribution in [3.05, 3.63) is 29.8 Å². The molecule has 0 atom stereocenters. The fourth-order valence-electron chi connectivity index (χ4n) is 0.626. The summed E-state index contributed by atoms with van der Waals surface area (Å²) in [6.07, 6.45) is 0. The third kappa shape index (κ3) is 1.72. The van der Waals surface area contributed by atoms with Crippen LogP contribution in [0.4, 0.5) is 5.69 Å². The maximum absolute atomic E-state index is 5.46. The first-order valence-corrected chi connectivity index (χ1v) is 3.64. The predicted octanol–water partition coefficient (Wildman–Crippen LogP) is 1.87. The van der Waals surface area contributed by atoms with Crippen LogP contribution in [0.5, 0.6) is 0 Å². The quantitative estimate of drug-likeness (QED) is 0.381. The molecule has 0 aromatic heterocycles. The first-order valence-electron chi connectivity index (χ1n) is 2.79. The molecule has 0 unspecified atom stereocenters. The number of benzene rings is 1. The Morgan fingerprint density at radius 2 is 1.80 bits per heavy atom. The van der Waals surface area contributed by atoms with Gasteiger partial charge >= 0.3 is 0 Å². The summed E-state index contributed by atoms with van der Waals surface area (Å²) in [4.78, 5) is 0. The fraction of sp³-hybridized carbons (Fsp3) is 0. The molecule has 0 aliphatic rings. The molecule has 0 aliphatic heterocycles. The Morgan fingerprint density at radius 1 is 1.30 bits per heavy atom. The van der Waals surface area contributed by atoms with Crippen LogP contribution in [-0.4, -0.2) is 4.20 Å². The Kier molecular flexibility index (Phi) is 2.29. The SMILES string of the molecule is Nc1ccc(C(=S)S)cc1. The molecule has 0 aliphatic carbocycles. The number of hydrogen-bond donors (Lipinski definition) is 2. The molecule has 0 radical (unpaired) electrons. The largest absolute Gasteiger partial charge is 0.399 e. The fourth-order valence-corrected chi connectivity index (χ4v) is 0.911. The van der Waals surface area contributed by atoms with Crippen LogP contribution in [0.15, 0.2) is 24.3 Å². The lowest BCUT2D eigenvalue weighted by Crippen LogP contribution is -1.88. The van der Waals surface area contributed by atoms with Crippen molar-refractivity contribution in [1.82, 2.24) is 0 Å². The molecule has 0 bridgehead atoms. The molecule has 1 aromatic carbocycles. The van der Waals surface area contributed by atoms with E-state index in [1.165, 1.54) is 0 Å². The van der Waals surface area contributed by atoms with Crippen molar-refractivity contribution in [3.8, 4) is 0 Å². The molecule has 0 heterocycles. The molecule has 10 heavy (non-hydrogen) atoms. The first-order chi connectivity index (χ1) is 4.70. The topological polar surface area (TPSA) is 26.0 Å². The van der Waals surface area contributed by atoms with Gasteiger partial charge in [-0.2, -0.15) is 0 Å². The molecule has 1 aromatic rings. The van der Waals surface area contributed by atoms with Gasteiger partial charge in [0.25, 0.3) is 0 Å². The van der Waals surface area contributed by atoms with Crippen molar-refractivity contribution < 1.29 is 0 Å². The first kappa shape index (κ1) is 7.57. The van der Waals surface area contributed by atoms with Gasteiger partial charge < -0.3 is 5.73 Å². The summed E-state index contributed by atoms with van der Waals surface area (Å²) in [6, 6.07) is 7.31. The van der Waals surface area contributed by atoms with Gasteiger partial charge in [0.1, 0.15) is 0 Å². The molecule has 1 rings (SSSR count). The number of nitrogen functional groups attached to an aromatic ring is 1. The van der Waals surface area contributed by atoms with E-state index in [0.29, 0.717) is 4.20 Å². The minimum absolute atomic E-state index is 0.597. The third-order valence-electron chi connectivity index (χ3n) is 1.16. The minimum atomic E-state index is 0.597. The molecular weight excluding hydrogens is 162 g/mol. The zero-order valence-electron chi connectivity index (χ0n) is 5.24. The highest BCUT2D eigenvalue weighted by Gasteiger charge is 1.92. The second kappa shape index (κ2) is 3.03. The average Bonchev–Trinajstić information content (AvgIpc) is 1.88. The maximum atomic E-state index is 5.46. The summed E-state index contributed by atoms with van der Waals surface area (Å²) in [5.74, 6) is 0. The molecule has 52 valence electrons. The Labute approximate surface area is 70.7 Å². The van der Waals surface area contributed by atoms with Gasteiger partial charge in [-0.1, -0.05) is 24.4 Å². The highest BCUT2D eigenvalue weighted by molar-refractivity contribution is 8.11. The molecule has 0 saturated carbocycles. The number of rotatable bonds is 1. The van der Waals surface area contributed by atoms with E-state index in [4.69, 9.17) is 18.0 Å². The number of thiocarbonyl (C=S) groups is 1. The monoisotopic (exact) mass is 169 g/mol. The number of hydrogen-bond acceptors (Lipinski definition) is 2. The maximum Gasteiger partial charge on any atom is 0.0747 e. The van der Waals surface area contributed by atoms with Crippen LogP contribution < -0.4 is 5.73 Å². The molecule has 2 N–H and O–H groups in total. The molecule has 0 fully saturated rings. The Bertz CT molecular complexity index is 240.